The van der Waals surface area contributed by atoms with Gasteiger partial charge in [-0.25, -0.2) is 8.42 Å². The van der Waals surface area contributed by atoms with Gasteiger partial charge in [0.1, 0.15) is 11.8 Å². The minimum atomic E-state index is -3.53. The minimum absolute atomic E-state index is 0.115. The summed E-state index contributed by atoms with van der Waals surface area (Å²) in [5, 5.41) is 3.14. The number of nitrogens with one attached hydrogen (secondary N) is 1. The van der Waals surface area contributed by atoms with E-state index in [4.69, 9.17) is 4.74 Å². The van der Waals surface area contributed by atoms with Crippen molar-refractivity contribution in [1.82, 2.24) is 10.2 Å². The van der Waals surface area contributed by atoms with Gasteiger partial charge in [0.15, 0.2) is 0 Å². The first-order valence-corrected chi connectivity index (χ1v) is 15.8. The van der Waals surface area contributed by atoms with Gasteiger partial charge in [-0.2, -0.15) is 0 Å². The van der Waals surface area contributed by atoms with Crippen LogP contribution in [0.1, 0.15) is 69.9 Å². The van der Waals surface area contributed by atoms with E-state index in [1.807, 2.05) is 43.3 Å². The van der Waals surface area contributed by atoms with Crippen molar-refractivity contribution in [3.8, 4) is 5.75 Å². The fourth-order valence-corrected chi connectivity index (χ4v) is 5.99. The van der Waals surface area contributed by atoms with Crippen LogP contribution in [0, 0.1) is 0 Å². The van der Waals surface area contributed by atoms with Crippen molar-refractivity contribution in [3.63, 3.8) is 0 Å². The molecule has 2 aromatic carbocycles. The molecule has 3 rings (SSSR count). The van der Waals surface area contributed by atoms with Crippen molar-refractivity contribution in [2.45, 2.75) is 83.8 Å². The van der Waals surface area contributed by atoms with E-state index >= 15 is 0 Å². The summed E-state index contributed by atoms with van der Waals surface area (Å²) in [7, 11) is -1.94. The van der Waals surface area contributed by atoms with Gasteiger partial charge >= 0.3 is 0 Å². The lowest BCUT2D eigenvalue weighted by molar-refractivity contribution is -0.141. The molecular weight excluding hydrogens is 514 g/mol. The molecule has 1 fully saturated rings. The molecule has 0 aliphatic heterocycles. The number of carbonyl (C=O) groups excluding carboxylic acids is 2. The predicted octanol–water partition coefficient (Wildman–Crippen LogP) is 4.67. The van der Waals surface area contributed by atoms with Crippen LogP contribution >= 0.6 is 0 Å². The molecule has 1 aliphatic rings. The maximum Gasteiger partial charge on any atom is 0.242 e. The average Bonchev–Trinajstić information content (AvgIpc) is 2.93. The third-order valence-corrected chi connectivity index (χ3v) is 8.58. The van der Waals surface area contributed by atoms with Crippen LogP contribution in [0.4, 0.5) is 5.69 Å². The number of hydrogen-bond donors (Lipinski definition) is 1. The van der Waals surface area contributed by atoms with Gasteiger partial charge in [0.25, 0.3) is 0 Å². The summed E-state index contributed by atoms with van der Waals surface area (Å²) in [5.74, 6) is 0.322. The number of aryl methyl sites for hydroxylation is 1. The van der Waals surface area contributed by atoms with E-state index in [2.05, 4.69) is 5.32 Å². The molecule has 1 aliphatic carbocycles. The normalized spacial score (nSPS) is 14.9. The lowest BCUT2D eigenvalue weighted by Gasteiger charge is -2.31. The molecule has 214 valence electrons. The van der Waals surface area contributed by atoms with Crippen molar-refractivity contribution in [1.29, 1.82) is 0 Å². The smallest absolute Gasteiger partial charge is 0.242 e. The lowest BCUT2D eigenvalue weighted by Crippen LogP contribution is -2.50. The van der Waals surface area contributed by atoms with E-state index in [9.17, 15) is 18.0 Å². The van der Waals surface area contributed by atoms with Crippen LogP contribution in [0.25, 0.3) is 0 Å². The maximum absolute atomic E-state index is 13.5. The highest BCUT2D eigenvalue weighted by molar-refractivity contribution is 7.92. The third kappa shape index (κ3) is 8.98. The highest BCUT2D eigenvalue weighted by Crippen LogP contribution is 2.22. The number of carbonyl (C=O) groups is 2. The van der Waals surface area contributed by atoms with E-state index in [0.29, 0.717) is 17.9 Å². The van der Waals surface area contributed by atoms with Crippen molar-refractivity contribution < 1.29 is 22.7 Å². The van der Waals surface area contributed by atoms with Gasteiger partial charge < -0.3 is 15.0 Å². The van der Waals surface area contributed by atoms with E-state index in [1.54, 1.807) is 31.1 Å². The van der Waals surface area contributed by atoms with Gasteiger partial charge in [0, 0.05) is 25.6 Å². The van der Waals surface area contributed by atoms with Crippen LogP contribution in [0.15, 0.2) is 48.5 Å². The number of sulfonamides is 1. The minimum Gasteiger partial charge on any atom is -0.497 e. The lowest BCUT2D eigenvalue weighted by atomic mass is 9.95. The summed E-state index contributed by atoms with van der Waals surface area (Å²) in [5.41, 5.74) is 2.56. The zero-order valence-electron chi connectivity index (χ0n) is 23.7. The quantitative estimate of drug-likeness (QED) is 0.386. The number of anilines is 1. The van der Waals surface area contributed by atoms with E-state index in [-0.39, 0.29) is 37.4 Å². The summed E-state index contributed by atoms with van der Waals surface area (Å²) < 4.78 is 31.8. The Bertz CT molecular complexity index is 1190. The predicted molar refractivity (Wildman–Crippen MR) is 155 cm³/mol. The van der Waals surface area contributed by atoms with E-state index < -0.39 is 16.1 Å². The number of methoxy groups -OCH3 is 1. The molecule has 2 aromatic rings. The van der Waals surface area contributed by atoms with Crippen LogP contribution in [-0.4, -0.2) is 57.1 Å². The average molecular weight is 558 g/mol. The second kappa shape index (κ2) is 14.4. The van der Waals surface area contributed by atoms with E-state index in [0.717, 1.165) is 43.2 Å². The zero-order valence-corrected chi connectivity index (χ0v) is 24.5. The molecular formula is C30H43N3O5S. The number of ether oxygens (including phenoxy) is 1. The first-order chi connectivity index (χ1) is 18.6. The molecule has 1 saturated carbocycles. The molecule has 0 unspecified atom stereocenters. The molecule has 0 saturated heterocycles. The molecule has 39 heavy (non-hydrogen) atoms. The highest BCUT2D eigenvalue weighted by atomic mass is 32.2. The molecule has 9 heteroatoms. The van der Waals surface area contributed by atoms with Crippen LogP contribution in [-0.2, 0) is 32.6 Å². The first-order valence-electron chi connectivity index (χ1n) is 13.9. The fraction of sp³-hybridized carbons (Fsp3) is 0.533. The van der Waals surface area contributed by atoms with Gasteiger partial charge in [0.05, 0.1) is 19.1 Å². The number of nitrogens with zero attached hydrogens (tertiary/aromatic N) is 2. The van der Waals surface area contributed by atoms with Gasteiger partial charge in [-0.15, -0.1) is 0 Å². The van der Waals surface area contributed by atoms with Crippen LogP contribution < -0.4 is 14.4 Å². The number of amides is 2. The standard InChI is InChI=1S/C30H43N3O5S/c1-5-24-16-18-27(19-17-24)33(39(4,36)37)20-10-15-29(34)32(22-25-11-9-14-28(21-25)38-3)23(2)30(35)31-26-12-7-6-8-13-26/h9,11,14,16-19,21,23,26H,5-8,10,12-13,15,20,22H2,1-4H3,(H,31,35)/t23-/m0/s1. The SMILES string of the molecule is CCc1ccc(N(CCCC(=O)N(Cc2cccc(OC)c2)[C@@H](C)C(=O)NC2CCCCC2)S(C)(=O)=O)cc1. The van der Waals surface area contributed by atoms with Crippen LogP contribution in [0.5, 0.6) is 5.75 Å². The summed E-state index contributed by atoms with van der Waals surface area (Å²) in [4.78, 5) is 28.3. The maximum atomic E-state index is 13.5. The third-order valence-electron chi connectivity index (χ3n) is 7.39. The molecule has 0 radical (unpaired) electrons. The van der Waals surface area contributed by atoms with Crippen molar-refractivity contribution in [2.75, 3.05) is 24.2 Å². The Hall–Kier alpha value is -3.07. The Morgan fingerprint density at radius 1 is 1.05 bits per heavy atom. The Labute approximate surface area is 233 Å². The molecule has 0 bridgehead atoms. The Morgan fingerprint density at radius 3 is 2.36 bits per heavy atom. The van der Waals surface area contributed by atoms with Crippen molar-refractivity contribution >= 4 is 27.5 Å². The van der Waals surface area contributed by atoms with E-state index in [1.165, 1.54) is 17.0 Å². The van der Waals surface area contributed by atoms with Gasteiger partial charge in [0.2, 0.25) is 21.8 Å². The Morgan fingerprint density at radius 2 is 1.74 bits per heavy atom. The molecule has 8 nitrogen and oxygen atoms in total. The molecule has 2 amide bonds. The van der Waals surface area contributed by atoms with Gasteiger partial charge in [-0.05, 0) is 68.0 Å². The molecule has 1 N–H and O–H groups in total. The molecule has 0 heterocycles. The van der Waals surface area contributed by atoms with Crippen LogP contribution in [0.2, 0.25) is 0 Å². The molecule has 1 atom stereocenters. The van der Waals surface area contributed by atoms with Crippen molar-refractivity contribution in [3.05, 3.63) is 59.7 Å². The van der Waals surface area contributed by atoms with Gasteiger partial charge in [-0.3, -0.25) is 13.9 Å². The number of rotatable bonds is 13. The summed E-state index contributed by atoms with van der Waals surface area (Å²) in [6.45, 7) is 4.23. The Balaban J connectivity index is 1.72. The number of hydrogen-bond acceptors (Lipinski definition) is 5. The Kier molecular flexibility index (Phi) is 11.2. The van der Waals surface area contributed by atoms with Crippen LogP contribution in [0.3, 0.4) is 0 Å². The topological polar surface area (TPSA) is 96.0 Å². The molecule has 0 aromatic heterocycles. The molecule has 0 spiro atoms. The van der Waals surface area contributed by atoms with Gasteiger partial charge in [-0.1, -0.05) is 50.5 Å². The second-order valence-corrected chi connectivity index (χ2v) is 12.3. The number of benzene rings is 2. The second-order valence-electron chi connectivity index (χ2n) is 10.4. The zero-order chi connectivity index (χ0) is 28.4. The summed E-state index contributed by atoms with van der Waals surface area (Å²) in [6.07, 6.45) is 7.80. The monoisotopic (exact) mass is 557 g/mol. The summed E-state index contributed by atoms with van der Waals surface area (Å²) >= 11 is 0. The highest BCUT2D eigenvalue weighted by Gasteiger charge is 2.28. The largest absolute Gasteiger partial charge is 0.497 e. The summed E-state index contributed by atoms with van der Waals surface area (Å²) in [6, 6.07) is 14.4. The first kappa shape index (κ1) is 30.5. The fourth-order valence-electron chi connectivity index (χ4n) is 5.02. The van der Waals surface area contributed by atoms with Crippen molar-refractivity contribution in [2.24, 2.45) is 0 Å².